The summed E-state index contributed by atoms with van der Waals surface area (Å²) in [6, 6.07) is 14.5. The van der Waals surface area contributed by atoms with Gasteiger partial charge in [-0.15, -0.1) is 0 Å². The van der Waals surface area contributed by atoms with E-state index in [1.807, 2.05) is 12.1 Å². The van der Waals surface area contributed by atoms with Crippen molar-refractivity contribution in [3.63, 3.8) is 0 Å². The van der Waals surface area contributed by atoms with E-state index in [0.29, 0.717) is 0 Å². The van der Waals surface area contributed by atoms with Gasteiger partial charge in [0.25, 0.3) is 0 Å². The highest BCUT2D eigenvalue weighted by Crippen LogP contribution is 2.40. The first-order valence-electron chi connectivity index (χ1n) is 5.72. The van der Waals surface area contributed by atoms with Gasteiger partial charge in [-0.25, -0.2) is 0 Å². The smallest absolute Gasteiger partial charge is 0.173 e. The monoisotopic (exact) mass is 442 g/mol. The van der Waals surface area contributed by atoms with E-state index in [9.17, 15) is 0 Å². The van der Waals surface area contributed by atoms with Gasteiger partial charge in [0.2, 0.25) is 0 Å². The van der Waals surface area contributed by atoms with E-state index < -0.39 is 0 Å². The summed E-state index contributed by atoms with van der Waals surface area (Å²) in [5, 5.41) is 2.44. The molecule has 3 rings (SSSR count). The Hall–Kier alpha value is -0.580. The maximum atomic E-state index is 5.32. The van der Waals surface area contributed by atoms with Crippen molar-refractivity contribution in [2.24, 2.45) is 0 Å². The number of benzene rings is 2. The van der Waals surface area contributed by atoms with Crippen LogP contribution in [0.4, 0.5) is 0 Å². The molecule has 1 unspecified atom stereocenters. The molecule has 1 atom stereocenters. The van der Waals surface area contributed by atoms with Gasteiger partial charge >= 0.3 is 0 Å². The zero-order chi connectivity index (χ0) is 13.4. The summed E-state index contributed by atoms with van der Waals surface area (Å²) in [6.07, 6.45) is 1.69. The molecular formula is C15H9Br3O. The highest BCUT2D eigenvalue weighted by atomic mass is 79.9. The summed E-state index contributed by atoms with van der Waals surface area (Å²) in [7, 11) is 0. The Kier molecular flexibility index (Phi) is 3.83. The van der Waals surface area contributed by atoms with E-state index in [0.717, 1.165) is 14.7 Å². The fourth-order valence-electron chi connectivity index (χ4n) is 2.16. The molecule has 4 heteroatoms. The molecule has 1 nitrogen and oxygen atoms in total. The lowest BCUT2D eigenvalue weighted by Gasteiger charge is -2.13. The molecule has 0 bridgehead atoms. The van der Waals surface area contributed by atoms with E-state index in [1.54, 1.807) is 6.26 Å². The summed E-state index contributed by atoms with van der Waals surface area (Å²) < 4.78 is 7.19. The Morgan fingerprint density at radius 1 is 0.842 bits per heavy atom. The van der Waals surface area contributed by atoms with Crippen LogP contribution < -0.4 is 0 Å². The summed E-state index contributed by atoms with van der Waals surface area (Å²) in [5.74, 6) is 0. The van der Waals surface area contributed by atoms with Crippen molar-refractivity contribution < 1.29 is 4.42 Å². The van der Waals surface area contributed by atoms with Crippen molar-refractivity contribution in [2.75, 3.05) is 0 Å². The second kappa shape index (κ2) is 5.43. The van der Waals surface area contributed by atoms with Gasteiger partial charge < -0.3 is 4.42 Å². The van der Waals surface area contributed by atoms with Crippen LogP contribution in [0.1, 0.15) is 16.0 Å². The molecule has 3 aromatic rings. The van der Waals surface area contributed by atoms with Crippen LogP contribution in [0.5, 0.6) is 0 Å². The molecule has 1 heterocycles. The second-order valence-corrected chi connectivity index (χ2v) is 6.68. The molecule has 0 aliphatic rings. The zero-order valence-corrected chi connectivity index (χ0v) is 14.5. The lowest BCUT2D eigenvalue weighted by atomic mass is 10.00. The first kappa shape index (κ1) is 13.4. The normalized spacial score (nSPS) is 12.8. The quantitative estimate of drug-likeness (QED) is 0.414. The fourth-order valence-corrected chi connectivity index (χ4v) is 4.17. The van der Waals surface area contributed by atoms with E-state index in [4.69, 9.17) is 4.42 Å². The van der Waals surface area contributed by atoms with Crippen molar-refractivity contribution in [1.82, 2.24) is 0 Å². The molecule has 19 heavy (non-hydrogen) atoms. The third kappa shape index (κ3) is 2.41. The Morgan fingerprint density at radius 2 is 1.58 bits per heavy atom. The molecule has 0 fully saturated rings. The lowest BCUT2D eigenvalue weighted by Crippen LogP contribution is -1.93. The average Bonchev–Trinajstić information content (AvgIpc) is 2.85. The topological polar surface area (TPSA) is 13.1 Å². The number of furan rings is 1. The molecule has 96 valence electrons. The molecule has 0 saturated carbocycles. The van der Waals surface area contributed by atoms with Gasteiger partial charge in [-0.2, -0.15) is 0 Å². The van der Waals surface area contributed by atoms with Crippen molar-refractivity contribution >= 4 is 58.6 Å². The van der Waals surface area contributed by atoms with Gasteiger partial charge in [0, 0.05) is 10.0 Å². The number of fused-ring (bicyclic) bond motifs is 1. The summed E-state index contributed by atoms with van der Waals surface area (Å²) >= 11 is 10.8. The van der Waals surface area contributed by atoms with E-state index in [2.05, 4.69) is 78.1 Å². The summed E-state index contributed by atoms with van der Waals surface area (Å²) in [6.45, 7) is 0. The number of hydrogen-bond acceptors (Lipinski definition) is 1. The highest BCUT2D eigenvalue weighted by Gasteiger charge is 2.18. The van der Waals surface area contributed by atoms with Gasteiger partial charge in [0.05, 0.1) is 11.1 Å². The maximum absolute atomic E-state index is 5.32. The molecule has 0 N–H and O–H groups in total. The predicted octanol–water partition coefficient (Wildman–Crippen LogP) is 6.44. The van der Waals surface area contributed by atoms with Crippen LogP contribution >= 0.6 is 47.8 Å². The fraction of sp³-hybridized carbons (Fsp3) is 0.0667. The van der Waals surface area contributed by atoms with Gasteiger partial charge in [0.15, 0.2) is 4.67 Å². The van der Waals surface area contributed by atoms with Crippen LogP contribution in [0.25, 0.3) is 10.8 Å². The van der Waals surface area contributed by atoms with Crippen LogP contribution in [0.15, 0.2) is 62.3 Å². The summed E-state index contributed by atoms with van der Waals surface area (Å²) in [5.41, 5.74) is 2.31. The van der Waals surface area contributed by atoms with Crippen molar-refractivity contribution in [2.45, 2.75) is 4.83 Å². The second-order valence-electron chi connectivity index (χ2n) is 4.19. The Labute approximate surface area is 136 Å². The minimum atomic E-state index is 0.0959. The third-order valence-electron chi connectivity index (χ3n) is 3.10. The largest absolute Gasteiger partial charge is 0.457 e. The number of alkyl halides is 1. The molecule has 0 aliphatic carbocycles. The third-order valence-corrected chi connectivity index (χ3v) is 5.42. The van der Waals surface area contributed by atoms with Crippen molar-refractivity contribution in [1.29, 1.82) is 0 Å². The molecular weight excluding hydrogens is 436 g/mol. The molecule has 0 radical (unpaired) electrons. The Balaban J connectivity index is 2.21. The van der Waals surface area contributed by atoms with E-state index in [-0.39, 0.29) is 4.83 Å². The van der Waals surface area contributed by atoms with Gasteiger partial charge in [-0.3, -0.25) is 0 Å². The molecule has 0 amide bonds. The SMILES string of the molecule is Brc1occc1C(Br)c1ccc(Br)c2ccccc12. The lowest BCUT2D eigenvalue weighted by molar-refractivity contribution is 0.537. The molecule has 0 spiro atoms. The zero-order valence-electron chi connectivity index (χ0n) is 9.74. The standard InChI is InChI=1S/C15H9Br3O/c16-13-6-5-11(9-3-1-2-4-10(9)13)14(17)12-7-8-19-15(12)18/h1-8,14H. The average molecular weight is 445 g/mol. The van der Waals surface area contributed by atoms with Crippen LogP contribution in [-0.4, -0.2) is 0 Å². The highest BCUT2D eigenvalue weighted by molar-refractivity contribution is 9.11. The van der Waals surface area contributed by atoms with Gasteiger partial charge in [-0.05, 0) is 44.4 Å². The van der Waals surface area contributed by atoms with Gasteiger partial charge in [-0.1, -0.05) is 62.2 Å². The van der Waals surface area contributed by atoms with E-state index in [1.165, 1.54) is 16.3 Å². The van der Waals surface area contributed by atoms with Crippen molar-refractivity contribution in [3.8, 4) is 0 Å². The molecule has 0 saturated heterocycles. The van der Waals surface area contributed by atoms with Gasteiger partial charge in [0.1, 0.15) is 0 Å². The number of halogens is 3. The molecule has 1 aromatic heterocycles. The van der Waals surface area contributed by atoms with Crippen molar-refractivity contribution in [3.05, 3.63) is 69.0 Å². The maximum Gasteiger partial charge on any atom is 0.173 e. The number of rotatable bonds is 2. The number of hydrogen-bond donors (Lipinski definition) is 0. The van der Waals surface area contributed by atoms with Crippen LogP contribution in [0.3, 0.4) is 0 Å². The Bertz CT molecular complexity index is 733. The first-order valence-corrected chi connectivity index (χ1v) is 8.23. The van der Waals surface area contributed by atoms with Crippen LogP contribution in [0.2, 0.25) is 0 Å². The predicted molar refractivity (Wildman–Crippen MR) is 88.8 cm³/mol. The first-order chi connectivity index (χ1) is 9.18. The Morgan fingerprint density at radius 3 is 2.26 bits per heavy atom. The minimum Gasteiger partial charge on any atom is -0.457 e. The van der Waals surface area contributed by atoms with E-state index >= 15 is 0 Å². The molecule has 2 aromatic carbocycles. The molecule has 0 aliphatic heterocycles. The minimum absolute atomic E-state index is 0.0959. The van der Waals surface area contributed by atoms with Crippen LogP contribution in [0, 0.1) is 0 Å². The summed E-state index contributed by atoms with van der Waals surface area (Å²) in [4.78, 5) is 0.0959. The van der Waals surface area contributed by atoms with Crippen LogP contribution in [-0.2, 0) is 0 Å².